The number of rotatable bonds is 12. The maximum atomic E-state index is 13.1. The van der Waals surface area contributed by atoms with Gasteiger partial charge in [-0.1, -0.05) is 55.5 Å². The topological polar surface area (TPSA) is 136 Å². The van der Waals surface area contributed by atoms with Gasteiger partial charge >= 0.3 is 12.1 Å². The van der Waals surface area contributed by atoms with Gasteiger partial charge in [0.05, 0.1) is 6.04 Å². The number of esters is 1. The van der Waals surface area contributed by atoms with Gasteiger partial charge in [-0.2, -0.15) is 0 Å². The third kappa shape index (κ3) is 9.14. The molecule has 3 aromatic rings. The number of carbonyl (C=O) groups is 3. The first kappa shape index (κ1) is 29.7. The minimum Gasteiger partial charge on any atom is -0.458 e. The van der Waals surface area contributed by atoms with E-state index in [1.807, 2.05) is 67.7 Å². The molecule has 0 saturated carbocycles. The number of aromatic amines is 1. The minimum atomic E-state index is -0.866. The summed E-state index contributed by atoms with van der Waals surface area (Å²) in [5.41, 5.74) is 8.46. The predicted molar refractivity (Wildman–Crippen MR) is 151 cm³/mol. The smallest absolute Gasteiger partial charge is 0.407 e. The van der Waals surface area contributed by atoms with Crippen LogP contribution >= 0.6 is 0 Å². The third-order valence-corrected chi connectivity index (χ3v) is 6.36. The van der Waals surface area contributed by atoms with Crippen molar-refractivity contribution in [2.45, 2.75) is 77.2 Å². The standard InChI is InChI=1S/C30H40N4O5/c1-20(23-18-33-24-15-9-8-14-22(23)24)26(31)27(35)34-25(28(36)39-30(2,3)4)16-10-11-17-32-29(37)38-19-21-12-6-5-7-13-21/h5-9,12-15,18,20,25-26,33H,10-11,16-17,19,31H2,1-4H3,(H,32,37)(H,34,35)/t20-,25-,26-/m0/s1. The fraction of sp³-hybridized carbons (Fsp3) is 0.433. The molecule has 0 spiro atoms. The van der Waals surface area contributed by atoms with Crippen molar-refractivity contribution in [3.63, 3.8) is 0 Å². The lowest BCUT2D eigenvalue weighted by molar-refractivity contribution is -0.159. The Hall–Kier alpha value is -3.85. The highest BCUT2D eigenvalue weighted by Gasteiger charge is 2.30. The number of unbranched alkanes of at least 4 members (excludes halogenated alkanes) is 1. The van der Waals surface area contributed by atoms with E-state index in [-0.39, 0.29) is 12.5 Å². The van der Waals surface area contributed by atoms with E-state index >= 15 is 0 Å². The molecule has 1 aromatic heterocycles. The Morgan fingerprint density at radius 1 is 1.00 bits per heavy atom. The van der Waals surface area contributed by atoms with E-state index in [4.69, 9.17) is 15.2 Å². The second-order valence-corrected chi connectivity index (χ2v) is 10.7. The van der Waals surface area contributed by atoms with Gasteiger partial charge in [0.1, 0.15) is 18.2 Å². The molecule has 39 heavy (non-hydrogen) atoms. The fourth-order valence-electron chi connectivity index (χ4n) is 4.22. The molecule has 1 heterocycles. The number of ether oxygens (including phenoxy) is 2. The van der Waals surface area contributed by atoms with Gasteiger partial charge in [0, 0.05) is 29.6 Å². The summed E-state index contributed by atoms with van der Waals surface area (Å²) in [6.07, 6.45) is 2.86. The van der Waals surface area contributed by atoms with Crippen molar-refractivity contribution in [1.29, 1.82) is 0 Å². The lowest BCUT2D eigenvalue weighted by Gasteiger charge is -2.26. The molecule has 210 valence electrons. The molecule has 9 heteroatoms. The Morgan fingerprint density at radius 2 is 1.69 bits per heavy atom. The first-order valence-corrected chi connectivity index (χ1v) is 13.3. The van der Waals surface area contributed by atoms with Crippen molar-refractivity contribution in [2.75, 3.05) is 6.54 Å². The van der Waals surface area contributed by atoms with Crippen LogP contribution in [0.4, 0.5) is 4.79 Å². The lowest BCUT2D eigenvalue weighted by Crippen LogP contribution is -2.51. The fourth-order valence-corrected chi connectivity index (χ4v) is 4.22. The largest absolute Gasteiger partial charge is 0.458 e. The number of hydrogen-bond donors (Lipinski definition) is 4. The van der Waals surface area contributed by atoms with Crippen LogP contribution < -0.4 is 16.4 Å². The molecule has 3 atom stereocenters. The summed E-state index contributed by atoms with van der Waals surface area (Å²) in [6, 6.07) is 15.5. The third-order valence-electron chi connectivity index (χ3n) is 6.36. The Kier molecular flexibility index (Phi) is 10.5. The van der Waals surface area contributed by atoms with Crippen molar-refractivity contribution in [2.24, 2.45) is 5.73 Å². The molecule has 0 aliphatic rings. The van der Waals surface area contributed by atoms with Crippen LogP contribution in [0.2, 0.25) is 0 Å². The van der Waals surface area contributed by atoms with Crippen LogP contribution in [-0.2, 0) is 25.7 Å². The van der Waals surface area contributed by atoms with E-state index in [0.29, 0.717) is 25.8 Å². The van der Waals surface area contributed by atoms with E-state index < -0.39 is 35.7 Å². The highest BCUT2D eigenvalue weighted by molar-refractivity contribution is 5.90. The number of amides is 2. The molecule has 0 fully saturated rings. The molecular formula is C30H40N4O5. The lowest BCUT2D eigenvalue weighted by atomic mass is 9.92. The zero-order valence-corrected chi connectivity index (χ0v) is 23.2. The number of benzene rings is 2. The number of para-hydroxylation sites is 1. The average Bonchev–Trinajstić information content (AvgIpc) is 3.34. The average molecular weight is 537 g/mol. The molecular weight excluding hydrogens is 496 g/mol. The van der Waals surface area contributed by atoms with E-state index in [2.05, 4.69) is 15.6 Å². The Bertz CT molecular complexity index is 1230. The van der Waals surface area contributed by atoms with E-state index in [0.717, 1.165) is 22.0 Å². The first-order chi connectivity index (χ1) is 18.5. The zero-order valence-electron chi connectivity index (χ0n) is 23.2. The molecule has 2 amide bonds. The highest BCUT2D eigenvalue weighted by atomic mass is 16.6. The van der Waals surface area contributed by atoms with E-state index in [1.54, 1.807) is 20.8 Å². The quantitative estimate of drug-likeness (QED) is 0.199. The number of nitrogens with two attached hydrogens (primary N) is 1. The van der Waals surface area contributed by atoms with Crippen LogP contribution in [0.1, 0.15) is 64.0 Å². The van der Waals surface area contributed by atoms with Gasteiger partial charge in [-0.15, -0.1) is 0 Å². The van der Waals surface area contributed by atoms with Crippen LogP contribution in [0, 0.1) is 0 Å². The zero-order chi connectivity index (χ0) is 28.4. The summed E-state index contributed by atoms with van der Waals surface area (Å²) in [5.74, 6) is -1.23. The Balaban J connectivity index is 1.51. The van der Waals surface area contributed by atoms with Gasteiger partial charge in [-0.3, -0.25) is 4.79 Å². The molecule has 0 saturated heterocycles. The van der Waals surface area contributed by atoms with E-state index in [1.165, 1.54) is 0 Å². The van der Waals surface area contributed by atoms with Gasteiger partial charge in [-0.25, -0.2) is 9.59 Å². The summed E-state index contributed by atoms with van der Waals surface area (Å²) in [6.45, 7) is 7.79. The van der Waals surface area contributed by atoms with Crippen LogP contribution in [0.3, 0.4) is 0 Å². The molecule has 9 nitrogen and oxygen atoms in total. The first-order valence-electron chi connectivity index (χ1n) is 13.3. The number of fused-ring (bicyclic) bond motifs is 1. The number of hydrogen-bond acceptors (Lipinski definition) is 6. The number of aromatic nitrogens is 1. The number of carbonyl (C=O) groups excluding carboxylic acids is 3. The number of H-pyrrole nitrogens is 1. The van der Waals surface area contributed by atoms with Crippen LogP contribution in [0.15, 0.2) is 60.8 Å². The summed E-state index contributed by atoms with van der Waals surface area (Å²) in [4.78, 5) is 41.2. The molecule has 0 radical (unpaired) electrons. The SMILES string of the molecule is C[C@@H](c1c[nH]c2ccccc12)[C@H](N)C(=O)N[C@@H](CCCCNC(=O)OCc1ccccc1)C(=O)OC(C)(C)C. The monoisotopic (exact) mass is 536 g/mol. The minimum absolute atomic E-state index is 0.191. The van der Waals surface area contributed by atoms with Gasteiger partial charge in [0.25, 0.3) is 0 Å². The van der Waals surface area contributed by atoms with E-state index in [9.17, 15) is 14.4 Å². The summed E-state index contributed by atoms with van der Waals surface area (Å²) < 4.78 is 10.8. The van der Waals surface area contributed by atoms with Crippen LogP contribution in [0.5, 0.6) is 0 Å². The van der Waals surface area contributed by atoms with Gasteiger partial charge in [0.2, 0.25) is 5.91 Å². The second kappa shape index (κ2) is 13.8. The van der Waals surface area contributed by atoms with Crippen molar-refractivity contribution in [1.82, 2.24) is 15.6 Å². The molecule has 5 N–H and O–H groups in total. The molecule has 2 aromatic carbocycles. The highest BCUT2D eigenvalue weighted by Crippen LogP contribution is 2.27. The number of alkyl carbamates (subject to hydrolysis) is 1. The van der Waals surface area contributed by atoms with Gasteiger partial charge in [0.15, 0.2) is 0 Å². The molecule has 0 aliphatic heterocycles. The number of nitrogens with one attached hydrogen (secondary N) is 3. The Labute approximate surface area is 229 Å². The predicted octanol–water partition coefficient (Wildman–Crippen LogP) is 4.52. The summed E-state index contributed by atoms with van der Waals surface area (Å²) in [7, 11) is 0. The van der Waals surface area contributed by atoms with Crippen molar-refractivity contribution >= 4 is 28.9 Å². The molecule has 0 bridgehead atoms. The van der Waals surface area contributed by atoms with Crippen molar-refractivity contribution < 1.29 is 23.9 Å². The summed E-state index contributed by atoms with van der Waals surface area (Å²) in [5, 5.41) is 6.52. The second-order valence-electron chi connectivity index (χ2n) is 10.7. The van der Waals surface area contributed by atoms with Gasteiger partial charge in [-0.05, 0) is 57.2 Å². The van der Waals surface area contributed by atoms with Crippen molar-refractivity contribution in [3.8, 4) is 0 Å². The van der Waals surface area contributed by atoms with Gasteiger partial charge < -0.3 is 30.8 Å². The Morgan fingerprint density at radius 3 is 2.41 bits per heavy atom. The van der Waals surface area contributed by atoms with Crippen molar-refractivity contribution in [3.05, 3.63) is 71.9 Å². The molecule has 0 aliphatic carbocycles. The maximum absolute atomic E-state index is 13.1. The summed E-state index contributed by atoms with van der Waals surface area (Å²) >= 11 is 0. The van der Waals surface area contributed by atoms with Crippen LogP contribution in [0.25, 0.3) is 10.9 Å². The normalized spacial score (nSPS) is 13.8. The molecule has 0 unspecified atom stereocenters. The molecule has 3 rings (SSSR count). The maximum Gasteiger partial charge on any atom is 0.407 e. The van der Waals surface area contributed by atoms with Crippen LogP contribution in [-0.4, -0.2) is 47.2 Å².